The van der Waals surface area contributed by atoms with Crippen molar-refractivity contribution in [3.63, 3.8) is 0 Å². The number of likely N-dealkylation sites (tertiary alicyclic amines) is 1. The second-order valence-corrected chi connectivity index (χ2v) is 5.63. The molecule has 2 N–H and O–H groups in total. The minimum absolute atomic E-state index is 0.0401. The van der Waals surface area contributed by atoms with Crippen LogP contribution >= 0.6 is 0 Å². The molecule has 6 nitrogen and oxygen atoms in total. The van der Waals surface area contributed by atoms with Gasteiger partial charge in [-0.3, -0.25) is 14.4 Å². The average Bonchev–Trinajstić information content (AvgIpc) is 3.09. The van der Waals surface area contributed by atoms with E-state index in [2.05, 4.69) is 5.32 Å². The third kappa shape index (κ3) is 3.68. The Morgan fingerprint density at radius 3 is 2.74 bits per heavy atom. The third-order valence-electron chi connectivity index (χ3n) is 3.76. The monoisotopic (exact) mass is 268 g/mol. The molecule has 6 heteroatoms. The zero-order chi connectivity index (χ0) is 14.0. The van der Waals surface area contributed by atoms with Gasteiger partial charge in [-0.1, -0.05) is 6.92 Å². The highest BCUT2D eigenvalue weighted by Crippen LogP contribution is 2.31. The summed E-state index contributed by atoms with van der Waals surface area (Å²) in [6.07, 6.45) is 2.60. The van der Waals surface area contributed by atoms with Crippen LogP contribution in [0.3, 0.4) is 0 Å². The SMILES string of the molecule is CC(CNC(=O)C1CC(=O)N(CC2CC2)C1)C(=O)O. The summed E-state index contributed by atoms with van der Waals surface area (Å²) in [4.78, 5) is 36.1. The fourth-order valence-electron chi connectivity index (χ4n) is 2.22. The molecule has 0 aromatic heterocycles. The van der Waals surface area contributed by atoms with Crippen LogP contribution in [0.2, 0.25) is 0 Å². The Hall–Kier alpha value is -1.59. The Kier molecular flexibility index (Phi) is 4.07. The number of amides is 2. The van der Waals surface area contributed by atoms with Crippen molar-refractivity contribution in [2.75, 3.05) is 19.6 Å². The highest BCUT2D eigenvalue weighted by atomic mass is 16.4. The van der Waals surface area contributed by atoms with Crippen LogP contribution in [0.15, 0.2) is 0 Å². The maximum Gasteiger partial charge on any atom is 0.308 e. The van der Waals surface area contributed by atoms with E-state index in [-0.39, 0.29) is 30.7 Å². The maximum atomic E-state index is 11.9. The second-order valence-electron chi connectivity index (χ2n) is 5.63. The molecule has 2 aliphatic rings. The number of carboxylic acids is 1. The molecule has 0 spiro atoms. The second kappa shape index (κ2) is 5.59. The molecular weight excluding hydrogens is 248 g/mol. The van der Waals surface area contributed by atoms with Crippen LogP contribution in [0.1, 0.15) is 26.2 Å². The first-order chi connectivity index (χ1) is 8.97. The predicted molar refractivity (Wildman–Crippen MR) is 67.2 cm³/mol. The fourth-order valence-corrected chi connectivity index (χ4v) is 2.22. The van der Waals surface area contributed by atoms with Crippen molar-refractivity contribution in [2.24, 2.45) is 17.8 Å². The molecule has 106 valence electrons. The summed E-state index contributed by atoms with van der Waals surface area (Å²) in [7, 11) is 0. The molecule has 2 amide bonds. The highest BCUT2D eigenvalue weighted by Gasteiger charge is 2.37. The highest BCUT2D eigenvalue weighted by molar-refractivity contribution is 5.89. The minimum atomic E-state index is -0.932. The van der Waals surface area contributed by atoms with Gasteiger partial charge in [0.15, 0.2) is 0 Å². The van der Waals surface area contributed by atoms with E-state index in [1.54, 1.807) is 11.8 Å². The van der Waals surface area contributed by atoms with Gasteiger partial charge in [-0.05, 0) is 18.8 Å². The lowest BCUT2D eigenvalue weighted by atomic mass is 10.1. The van der Waals surface area contributed by atoms with Crippen molar-refractivity contribution < 1.29 is 19.5 Å². The van der Waals surface area contributed by atoms with E-state index in [4.69, 9.17) is 5.11 Å². The zero-order valence-electron chi connectivity index (χ0n) is 11.1. The first-order valence-electron chi connectivity index (χ1n) is 6.75. The van der Waals surface area contributed by atoms with Gasteiger partial charge in [0.2, 0.25) is 11.8 Å². The van der Waals surface area contributed by atoms with Gasteiger partial charge in [-0.25, -0.2) is 0 Å². The van der Waals surface area contributed by atoms with Crippen LogP contribution in [0.25, 0.3) is 0 Å². The van der Waals surface area contributed by atoms with Gasteiger partial charge < -0.3 is 15.3 Å². The van der Waals surface area contributed by atoms with Gasteiger partial charge in [-0.15, -0.1) is 0 Å². The van der Waals surface area contributed by atoms with Crippen molar-refractivity contribution in [3.8, 4) is 0 Å². The van der Waals surface area contributed by atoms with Crippen LogP contribution < -0.4 is 5.32 Å². The molecule has 0 aromatic rings. The summed E-state index contributed by atoms with van der Waals surface area (Å²) >= 11 is 0. The van der Waals surface area contributed by atoms with Crippen LogP contribution in [-0.2, 0) is 14.4 Å². The largest absolute Gasteiger partial charge is 0.481 e. The molecule has 1 saturated heterocycles. The molecule has 1 aliphatic heterocycles. The first-order valence-corrected chi connectivity index (χ1v) is 6.75. The summed E-state index contributed by atoms with van der Waals surface area (Å²) in [5.74, 6) is -1.41. The Morgan fingerprint density at radius 2 is 2.16 bits per heavy atom. The molecule has 0 bridgehead atoms. The topological polar surface area (TPSA) is 86.7 Å². The Balaban J connectivity index is 1.77. The van der Waals surface area contributed by atoms with E-state index in [9.17, 15) is 14.4 Å². The van der Waals surface area contributed by atoms with Crippen molar-refractivity contribution in [1.29, 1.82) is 0 Å². The molecular formula is C13H20N2O4. The Bertz CT molecular complexity index is 392. The van der Waals surface area contributed by atoms with Gasteiger partial charge in [0.05, 0.1) is 11.8 Å². The van der Waals surface area contributed by atoms with Gasteiger partial charge >= 0.3 is 5.97 Å². The van der Waals surface area contributed by atoms with Crippen LogP contribution in [-0.4, -0.2) is 47.4 Å². The lowest BCUT2D eigenvalue weighted by Gasteiger charge is -2.16. The summed E-state index contributed by atoms with van der Waals surface area (Å²) < 4.78 is 0. The van der Waals surface area contributed by atoms with E-state index in [0.717, 1.165) is 6.54 Å². The van der Waals surface area contributed by atoms with Crippen molar-refractivity contribution in [3.05, 3.63) is 0 Å². The van der Waals surface area contributed by atoms with Gasteiger partial charge in [0.25, 0.3) is 0 Å². The quantitative estimate of drug-likeness (QED) is 0.714. The summed E-state index contributed by atoms with van der Waals surface area (Å²) in [6, 6.07) is 0. The number of hydrogen-bond donors (Lipinski definition) is 2. The lowest BCUT2D eigenvalue weighted by molar-refractivity contribution is -0.141. The molecule has 2 atom stereocenters. The maximum absolute atomic E-state index is 11.9. The number of aliphatic carboxylic acids is 1. The van der Waals surface area contributed by atoms with E-state index in [1.165, 1.54) is 12.8 Å². The smallest absolute Gasteiger partial charge is 0.308 e. The fraction of sp³-hybridized carbons (Fsp3) is 0.769. The molecule has 0 radical (unpaired) electrons. The summed E-state index contributed by atoms with van der Waals surface area (Å²) in [5.41, 5.74) is 0. The molecule has 1 saturated carbocycles. The minimum Gasteiger partial charge on any atom is -0.481 e. The zero-order valence-corrected chi connectivity index (χ0v) is 11.1. The van der Waals surface area contributed by atoms with E-state index in [1.807, 2.05) is 0 Å². The summed E-state index contributed by atoms with van der Waals surface area (Å²) in [6.45, 7) is 2.90. The van der Waals surface area contributed by atoms with Crippen LogP contribution in [0.5, 0.6) is 0 Å². The Morgan fingerprint density at radius 1 is 1.47 bits per heavy atom. The van der Waals surface area contributed by atoms with Gasteiger partial charge in [0, 0.05) is 26.1 Å². The average molecular weight is 268 g/mol. The van der Waals surface area contributed by atoms with Crippen molar-refractivity contribution in [1.82, 2.24) is 10.2 Å². The number of carboxylic acid groups (broad SMARTS) is 1. The molecule has 19 heavy (non-hydrogen) atoms. The van der Waals surface area contributed by atoms with Crippen LogP contribution in [0, 0.1) is 17.8 Å². The number of carbonyl (C=O) groups is 3. The number of nitrogens with one attached hydrogen (secondary N) is 1. The first kappa shape index (κ1) is 13.8. The van der Waals surface area contributed by atoms with Crippen molar-refractivity contribution in [2.45, 2.75) is 26.2 Å². The third-order valence-corrected chi connectivity index (χ3v) is 3.76. The molecule has 1 aliphatic carbocycles. The predicted octanol–water partition coefficient (Wildman–Crippen LogP) is 0.0818. The molecule has 0 aromatic carbocycles. The van der Waals surface area contributed by atoms with E-state index >= 15 is 0 Å². The van der Waals surface area contributed by atoms with E-state index in [0.29, 0.717) is 12.5 Å². The molecule has 1 heterocycles. The normalized spacial score (nSPS) is 24.4. The number of carbonyl (C=O) groups excluding carboxylic acids is 2. The van der Waals surface area contributed by atoms with Crippen molar-refractivity contribution >= 4 is 17.8 Å². The van der Waals surface area contributed by atoms with E-state index < -0.39 is 11.9 Å². The number of rotatable bonds is 6. The lowest BCUT2D eigenvalue weighted by Crippen LogP contribution is -2.37. The molecule has 2 unspecified atom stereocenters. The van der Waals surface area contributed by atoms with Crippen LogP contribution in [0.4, 0.5) is 0 Å². The standard InChI is InChI=1S/C13H20N2O4/c1-8(13(18)19)5-14-12(17)10-4-11(16)15(7-10)6-9-2-3-9/h8-10H,2-7H2,1H3,(H,14,17)(H,18,19). The molecule has 2 rings (SSSR count). The summed E-state index contributed by atoms with van der Waals surface area (Å²) in [5, 5.41) is 11.4. The number of nitrogens with zero attached hydrogens (tertiary/aromatic N) is 1. The Labute approximate surface area is 112 Å². The van der Waals surface area contributed by atoms with Gasteiger partial charge in [0.1, 0.15) is 0 Å². The molecule has 2 fully saturated rings. The van der Waals surface area contributed by atoms with Gasteiger partial charge in [-0.2, -0.15) is 0 Å². The number of hydrogen-bond acceptors (Lipinski definition) is 3.